The Bertz CT molecular complexity index is 118. The molecule has 0 aromatic rings. The molecule has 0 bridgehead atoms. The van der Waals surface area contributed by atoms with Crippen molar-refractivity contribution in [2.45, 2.75) is 53.4 Å². The van der Waals surface area contributed by atoms with Crippen LogP contribution < -0.4 is 5.73 Å². The molecule has 0 radical (unpaired) electrons. The largest absolute Gasteiger partial charge is 0.333 e. The molecule has 0 aromatic heterocycles. The molecule has 1 heterocycles. The van der Waals surface area contributed by atoms with E-state index < -0.39 is 0 Å². The first-order valence-corrected chi connectivity index (χ1v) is 6.84. The lowest BCUT2D eigenvalue weighted by atomic mass is 10.2. The third kappa shape index (κ3) is 20.8. The first-order valence-electron chi connectivity index (χ1n) is 6.84. The predicted octanol–water partition coefficient (Wildman–Crippen LogP) is 4.48. The van der Waals surface area contributed by atoms with Crippen molar-refractivity contribution < 1.29 is 0 Å². The van der Waals surface area contributed by atoms with E-state index in [-0.39, 0.29) is 7.43 Å². The van der Waals surface area contributed by atoms with Gasteiger partial charge in [0.1, 0.15) is 0 Å². The third-order valence-electron chi connectivity index (χ3n) is 2.33. The Labute approximate surface area is 117 Å². The Morgan fingerprint density at radius 3 is 1.89 bits per heavy atom. The van der Waals surface area contributed by atoms with Crippen LogP contribution >= 0.6 is 0 Å². The van der Waals surface area contributed by atoms with Crippen molar-refractivity contribution in [2.24, 2.45) is 5.73 Å². The molecule has 2 N–H and O–H groups in total. The number of hydrogen-bond acceptors (Lipinski definition) is 2. The summed E-state index contributed by atoms with van der Waals surface area (Å²) in [5, 5.41) is 0. The van der Waals surface area contributed by atoms with Gasteiger partial charge in [-0.25, -0.2) is 0 Å². The van der Waals surface area contributed by atoms with Gasteiger partial charge in [0.05, 0.1) is 0 Å². The fourth-order valence-corrected chi connectivity index (χ4v) is 1.63. The number of nitrogens with two attached hydrogens (primary N) is 1. The normalized spacial score (nSPS) is 12.4. The molecule has 1 fully saturated rings. The van der Waals surface area contributed by atoms with Gasteiger partial charge in [0.2, 0.25) is 0 Å². The predicted molar refractivity (Wildman–Crippen MR) is 89.2 cm³/mol. The van der Waals surface area contributed by atoms with Crippen LogP contribution in [0.15, 0.2) is 25.8 Å². The second-order valence-corrected chi connectivity index (χ2v) is 3.33. The highest BCUT2D eigenvalue weighted by Gasteiger charge is 2.09. The van der Waals surface area contributed by atoms with Crippen LogP contribution in [0.3, 0.4) is 0 Å². The van der Waals surface area contributed by atoms with Gasteiger partial charge in [-0.1, -0.05) is 27.4 Å². The van der Waals surface area contributed by atoms with E-state index in [0.29, 0.717) is 0 Å². The minimum absolute atomic E-state index is 0. The summed E-state index contributed by atoms with van der Waals surface area (Å²) in [6.07, 6.45) is 8.72. The first kappa shape index (κ1) is 26.1. The highest BCUT2D eigenvalue weighted by Crippen LogP contribution is 2.08. The molecule has 0 saturated carbocycles. The number of allylic oxidation sites excluding steroid dienone is 1. The zero-order valence-electron chi connectivity index (χ0n) is 12.4. The van der Waals surface area contributed by atoms with E-state index in [1.807, 2.05) is 19.9 Å². The molecule has 2 heteroatoms. The smallest absolute Gasteiger partial charge is 0.00183 e. The Balaban J connectivity index is -0.000000123. The van der Waals surface area contributed by atoms with Crippen molar-refractivity contribution in [3.05, 3.63) is 25.8 Å². The van der Waals surface area contributed by atoms with Crippen LogP contribution in [0.2, 0.25) is 0 Å². The van der Waals surface area contributed by atoms with Gasteiger partial charge in [-0.3, -0.25) is 0 Å². The van der Waals surface area contributed by atoms with E-state index in [9.17, 15) is 0 Å². The second-order valence-electron chi connectivity index (χ2n) is 3.33. The van der Waals surface area contributed by atoms with E-state index in [0.717, 1.165) is 0 Å². The maximum Gasteiger partial charge on any atom is -0.00183 e. The molecule has 18 heavy (non-hydrogen) atoms. The maximum atomic E-state index is 4.50. The summed E-state index contributed by atoms with van der Waals surface area (Å²) < 4.78 is 0. The van der Waals surface area contributed by atoms with E-state index in [1.165, 1.54) is 58.8 Å². The van der Waals surface area contributed by atoms with Crippen LogP contribution in [-0.2, 0) is 0 Å². The van der Waals surface area contributed by atoms with Crippen LogP contribution in [0.4, 0.5) is 0 Å². The van der Waals surface area contributed by atoms with Gasteiger partial charge in [-0.15, -0.1) is 19.7 Å². The van der Waals surface area contributed by atoms with Crippen LogP contribution in [0.1, 0.15) is 53.4 Å². The third-order valence-corrected chi connectivity index (χ3v) is 2.33. The van der Waals surface area contributed by atoms with Crippen LogP contribution in [0, 0.1) is 0 Å². The van der Waals surface area contributed by atoms with Crippen molar-refractivity contribution in [2.75, 3.05) is 26.7 Å². The van der Waals surface area contributed by atoms with Crippen molar-refractivity contribution in [3.63, 3.8) is 0 Å². The number of rotatable bonds is 5. The van der Waals surface area contributed by atoms with E-state index in [1.54, 1.807) is 0 Å². The average Bonchev–Trinajstić information content (AvgIpc) is 2.95. The van der Waals surface area contributed by atoms with Gasteiger partial charge in [0.15, 0.2) is 0 Å². The van der Waals surface area contributed by atoms with Crippen molar-refractivity contribution >= 4 is 0 Å². The molecule has 1 aliphatic heterocycles. The van der Waals surface area contributed by atoms with Gasteiger partial charge in [-0.2, -0.15) is 0 Å². The van der Waals surface area contributed by atoms with E-state index in [2.05, 4.69) is 30.4 Å². The molecular formula is C16H38N2. The van der Waals surface area contributed by atoms with Gasteiger partial charge in [0, 0.05) is 0 Å². The van der Waals surface area contributed by atoms with Crippen molar-refractivity contribution in [3.8, 4) is 0 Å². The highest BCUT2D eigenvalue weighted by atomic mass is 15.1. The fraction of sp³-hybridized carbons (Fsp3) is 0.750. The lowest BCUT2D eigenvalue weighted by molar-refractivity contribution is 0.330. The number of nitrogens with zero attached hydrogens (tertiary/aromatic N) is 1. The molecule has 0 aliphatic carbocycles. The molecule has 112 valence electrons. The molecular weight excluding hydrogens is 220 g/mol. The van der Waals surface area contributed by atoms with Crippen molar-refractivity contribution in [1.82, 2.24) is 4.90 Å². The molecule has 2 nitrogen and oxygen atoms in total. The van der Waals surface area contributed by atoms with Crippen molar-refractivity contribution in [1.29, 1.82) is 0 Å². The SMILES string of the molecule is C.C=C.C=CCCCCN1CCCC1.CC.CN. The standard InChI is InChI=1S/C10H19N.C2H6.C2H4.CH5N.CH4/c1-2-3-4-5-8-11-9-6-7-10-11;3*1-2;/h2H,1,3-10H2;1-2H3;1-2H2;2H2,1H3;1H4. The molecule has 0 spiro atoms. The number of unbranched alkanes of at least 4 members (excludes halogenated alkanes) is 2. The zero-order valence-corrected chi connectivity index (χ0v) is 12.4. The Hall–Kier alpha value is -0.600. The summed E-state index contributed by atoms with van der Waals surface area (Å²) in [6.45, 7) is 17.7. The summed E-state index contributed by atoms with van der Waals surface area (Å²) in [5.74, 6) is 0. The van der Waals surface area contributed by atoms with Crippen LogP contribution in [0.25, 0.3) is 0 Å². The molecule has 0 amide bonds. The lowest BCUT2D eigenvalue weighted by Crippen LogP contribution is -2.20. The van der Waals surface area contributed by atoms with E-state index in [4.69, 9.17) is 0 Å². The zero-order chi connectivity index (χ0) is 13.9. The summed E-state index contributed by atoms with van der Waals surface area (Å²) in [5.41, 5.74) is 4.50. The molecule has 0 unspecified atom stereocenters. The topological polar surface area (TPSA) is 29.3 Å². The van der Waals surface area contributed by atoms with Crippen LogP contribution in [-0.4, -0.2) is 31.6 Å². The second kappa shape index (κ2) is 29.9. The monoisotopic (exact) mass is 258 g/mol. The summed E-state index contributed by atoms with van der Waals surface area (Å²) in [7, 11) is 1.50. The molecule has 0 aromatic carbocycles. The Morgan fingerprint density at radius 1 is 1.06 bits per heavy atom. The molecule has 1 rings (SSSR count). The van der Waals surface area contributed by atoms with Gasteiger partial charge >= 0.3 is 0 Å². The molecule has 0 atom stereocenters. The molecule has 1 saturated heterocycles. The highest BCUT2D eigenvalue weighted by molar-refractivity contribution is 4.68. The fourth-order valence-electron chi connectivity index (χ4n) is 1.63. The Morgan fingerprint density at radius 2 is 1.50 bits per heavy atom. The summed E-state index contributed by atoms with van der Waals surface area (Å²) >= 11 is 0. The van der Waals surface area contributed by atoms with Gasteiger partial charge in [0.25, 0.3) is 0 Å². The average molecular weight is 258 g/mol. The quantitative estimate of drug-likeness (QED) is 0.582. The summed E-state index contributed by atoms with van der Waals surface area (Å²) in [4.78, 5) is 2.57. The molecule has 1 aliphatic rings. The van der Waals surface area contributed by atoms with Gasteiger partial charge in [-0.05, 0) is 58.8 Å². The minimum Gasteiger partial charge on any atom is -0.333 e. The summed E-state index contributed by atoms with van der Waals surface area (Å²) in [6, 6.07) is 0. The van der Waals surface area contributed by atoms with Gasteiger partial charge < -0.3 is 10.6 Å². The maximum absolute atomic E-state index is 4.50. The minimum atomic E-state index is 0. The van der Waals surface area contributed by atoms with Crippen LogP contribution in [0.5, 0.6) is 0 Å². The number of hydrogen-bond donors (Lipinski definition) is 1. The van der Waals surface area contributed by atoms with E-state index >= 15 is 0 Å². The Kier molecular flexibility index (Phi) is 43.3. The first-order chi connectivity index (χ1) is 8.43. The lowest BCUT2D eigenvalue weighted by Gasteiger charge is -2.13. The number of likely N-dealkylation sites (tertiary alicyclic amines) is 1.